The molecule has 5 atom stereocenters. The van der Waals surface area contributed by atoms with Crippen molar-refractivity contribution in [3.8, 4) is 0 Å². The summed E-state index contributed by atoms with van der Waals surface area (Å²) in [5, 5.41) is 0. The minimum atomic E-state index is -2.91. The number of nitrogens with zero attached hydrogens (tertiary/aromatic N) is 1. The Morgan fingerprint density at radius 1 is 1.00 bits per heavy atom. The number of primary amides is 1. The number of carbonyl (C=O) groups excluding carboxylic acids is 5. The van der Waals surface area contributed by atoms with Crippen LogP contribution in [0.5, 0.6) is 0 Å². The Labute approximate surface area is 235 Å². The summed E-state index contributed by atoms with van der Waals surface area (Å²) in [6.45, 7) is 12.2. The first-order chi connectivity index (χ1) is 18.3. The molecule has 4 N–H and O–H groups in total. The summed E-state index contributed by atoms with van der Waals surface area (Å²) < 4.78 is 26.7. The number of nitrogens with two attached hydrogens (primary N) is 2. The standard InChI is InChI=1S/C30H45F2N3O5/c1-16-22(19(36)12-17(13-21(31)32)23(38)24(33)39)35(15-30(16)27(5,6)29(30)8-7-9-29)25(40)18(26(2,3)4)14-20(37)28(34)10-11-28/h16-18,21-22H,7-15,34H2,1-6H3,(H2,33,39)/t16-,17?,18-,22+,30+/m1/s1. The quantitative estimate of drug-likeness (QED) is 0.368. The van der Waals surface area contributed by atoms with E-state index >= 15 is 0 Å². The van der Waals surface area contributed by atoms with Crippen LogP contribution >= 0.6 is 0 Å². The van der Waals surface area contributed by atoms with Crippen LogP contribution < -0.4 is 11.5 Å². The number of fused-ring (bicyclic) bond motifs is 1. The maximum absolute atomic E-state index is 14.4. The summed E-state index contributed by atoms with van der Waals surface area (Å²) in [7, 11) is 0. The molecule has 4 fully saturated rings. The van der Waals surface area contributed by atoms with Gasteiger partial charge in [-0.1, -0.05) is 48.0 Å². The summed E-state index contributed by atoms with van der Waals surface area (Å²) in [6, 6.07) is -0.958. The van der Waals surface area contributed by atoms with Gasteiger partial charge in [0.1, 0.15) is 0 Å². The van der Waals surface area contributed by atoms with E-state index in [4.69, 9.17) is 11.5 Å². The molecule has 2 amide bonds. The molecule has 1 unspecified atom stereocenters. The first kappa shape index (κ1) is 30.7. The van der Waals surface area contributed by atoms with E-state index in [9.17, 15) is 32.8 Å². The van der Waals surface area contributed by atoms with E-state index in [1.165, 1.54) is 0 Å². The highest BCUT2D eigenvalue weighted by Gasteiger charge is 2.87. The summed E-state index contributed by atoms with van der Waals surface area (Å²) >= 11 is 0. The van der Waals surface area contributed by atoms with Crippen LogP contribution in [-0.4, -0.2) is 58.6 Å². The highest BCUT2D eigenvalue weighted by atomic mass is 19.3. The fourth-order valence-electron chi connectivity index (χ4n) is 8.70. The number of amides is 2. The lowest BCUT2D eigenvalue weighted by Crippen LogP contribution is -2.50. The van der Waals surface area contributed by atoms with Crippen LogP contribution in [0.2, 0.25) is 0 Å². The van der Waals surface area contributed by atoms with E-state index in [0.29, 0.717) is 19.4 Å². The van der Waals surface area contributed by atoms with Crippen molar-refractivity contribution in [1.29, 1.82) is 0 Å². The molecule has 0 aromatic rings. The molecule has 4 aliphatic rings. The summed E-state index contributed by atoms with van der Waals surface area (Å²) in [5.74, 6) is -6.16. The van der Waals surface area contributed by atoms with Gasteiger partial charge in [-0.05, 0) is 47.8 Å². The zero-order chi connectivity index (χ0) is 30.2. The molecule has 1 heterocycles. The average molecular weight is 566 g/mol. The van der Waals surface area contributed by atoms with Gasteiger partial charge in [0.2, 0.25) is 18.1 Å². The minimum absolute atomic E-state index is 0.0270. The Kier molecular flexibility index (Phi) is 7.42. The number of carbonyl (C=O) groups is 5. The van der Waals surface area contributed by atoms with Gasteiger partial charge in [0.15, 0.2) is 11.6 Å². The molecule has 3 aliphatic carbocycles. The third kappa shape index (κ3) is 4.43. The zero-order valence-electron chi connectivity index (χ0n) is 24.6. The Bertz CT molecular complexity index is 1120. The van der Waals surface area contributed by atoms with Gasteiger partial charge in [0.25, 0.3) is 5.91 Å². The lowest BCUT2D eigenvalue weighted by Gasteiger charge is -2.36. The number of hydrogen-bond acceptors (Lipinski definition) is 6. The second-order valence-corrected chi connectivity index (χ2v) is 14.7. The number of ketones is 3. The Hall–Kier alpha value is -2.23. The fraction of sp³-hybridized carbons (Fsp3) is 0.833. The van der Waals surface area contributed by atoms with E-state index in [1.807, 2.05) is 27.7 Å². The highest BCUT2D eigenvalue weighted by Crippen LogP contribution is 2.89. The highest BCUT2D eigenvalue weighted by molar-refractivity contribution is 6.36. The van der Waals surface area contributed by atoms with Crippen LogP contribution in [0.3, 0.4) is 0 Å². The maximum atomic E-state index is 14.4. The van der Waals surface area contributed by atoms with Gasteiger partial charge in [0.05, 0.1) is 11.6 Å². The van der Waals surface area contributed by atoms with Crippen LogP contribution in [0.4, 0.5) is 8.78 Å². The molecule has 0 aromatic carbocycles. The van der Waals surface area contributed by atoms with Gasteiger partial charge in [-0.15, -0.1) is 0 Å². The average Bonchev–Trinajstić information content (AvgIpc) is 3.60. The Morgan fingerprint density at radius 2 is 1.57 bits per heavy atom. The van der Waals surface area contributed by atoms with Crippen molar-refractivity contribution >= 4 is 29.2 Å². The first-order valence-electron chi connectivity index (χ1n) is 14.5. The van der Waals surface area contributed by atoms with E-state index in [2.05, 4.69) is 13.8 Å². The Balaban J connectivity index is 1.70. The topological polar surface area (TPSA) is 141 Å². The van der Waals surface area contributed by atoms with Crippen molar-refractivity contribution in [2.75, 3.05) is 6.54 Å². The van der Waals surface area contributed by atoms with Gasteiger partial charge in [-0.2, -0.15) is 0 Å². The first-order valence-corrected chi connectivity index (χ1v) is 14.5. The number of halogens is 2. The van der Waals surface area contributed by atoms with E-state index in [0.717, 1.165) is 19.3 Å². The molecule has 0 radical (unpaired) electrons. The van der Waals surface area contributed by atoms with Crippen LogP contribution in [0.25, 0.3) is 0 Å². The lowest BCUT2D eigenvalue weighted by molar-refractivity contribution is -0.147. The lowest BCUT2D eigenvalue weighted by atomic mass is 9.70. The van der Waals surface area contributed by atoms with E-state index < -0.39 is 65.6 Å². The van der Waals surface area contributed by atoms with Crippen molar-refractivity contribution < 1.29 is 32.8 Å². The van der Waals surface area contributed by atoms with Gasteiger partial charge in [0, 0.05) is 43.1 Å². The molecule has 3 saturated carbocycles. The number of alkyl halides is 2. The van der Waals surface area contributed by atoms with E-state index in [1.54, 1.807) is 4.90 Å². The number of likely N-dealkylation sites (tertiary alicyclic amines) is 1. The van der Waals surface area contributed by atoms with Gasteiger partial charge >= 0.3 is 0 Å². The smallest absolute Gasteiger partial charge is 0.285 e. The molecule has 4 rings (SSSR count). The summed E-state index contributed by atoms with van der Waals surface area (Å²) in [5.41, 5.74) is 9.25. The summed E-state index contributed by atoms with van der Waals surface area (Å²) in [4.78, 5) is 67.0. The normalized spacial score (nSPS) is 30.6. The summed E-state index contributed by atoms with van der Waals surface area (Å²) in [6.07, 6.45) is -0.312. The molecular formula is C30H45F2N3O5. The fourth-order valence-corrected chi connectivity index (χ4v) is 8.70. The van der Waals surface area contributed by atoms with Crippen molar-refractivity contribution in [2.45, 2.75) is 111 Å². The third-order valence-electron chi connectivity index (χ3n) is 11.5. The van der Waals surface area contributed by atoms with Crippen molar-refractivity contribution in [1.82, 2.24) is 4.90 Å². The number of Topliss-reactive ketones (excluding diaryl/α,β-unsaturated/α-hetero) is 3. The van der Waals surface area contributed by atoms with Crippen LogP contribution in [0.1, 0.15) is 92.9 Å². The van der Waals surface area contributed by atoms with Gasteiger partial charge < -0.3 is 16.4 Å². The van der Waals surface area contributed by atoms with E-state index in [-0.39, 0.29) is 40.3 Å². The van der Waals surface area contributed by atoms with Crippen molar-refractivity contribution in [3.63, 3.8) is 0 Å². The number of hydrogen-bond donors (Lipinski definition) is 2. The second kappa shape index (κ2) is 9.66. The largest absolute Gasteiger partial charge is 0.363 e. The minimum Gasteiger partial charge on any atom is -0.363 e. The molecule has 2 spiro atoms. The molecule has 0 bridgehead atoms. The zero-order valence-corrected chi connectivity index (χ0v) is 24.6. The third-order valence-corrected chi connectivity index (χ3v) is 11.5. The van der Waals surface area contributed by atoms with Gasteiger partial charge in [-0.3, -0.25) is 24.0 Å². The SMILES string of the molecule is C[C@@H]1[C@@H](C(=O)CC(CC(F)F)C(=O)C(N)=O)N(C(=O)[C@@H](CC(=O)C2(N)CC2)C(C)(C)C)C[C@@]12C(C)(C)C21CCC1. The maximum Gasteiger partial charge on any atom is 0.285 e. The number of rotatable bonds is 11. The second-order valence-electron chi connectivity index (χ2n) is 14.7. The monoisotopic (exact) mass is 565 g/mol. The van der Waals surface area contributed by atoms with Crippen LogP contribution in [0.15, 0.2) is 0 Å². The molecule has 224 valence electrons. The molecule has 10 heteroatoms. The molecule has 1 saturated heterocycles. The van der Waals surface area contributed by atoms with Crippen LogP contribution in [-0.2, 0) is 24.0 Å². The molecule has 8 nitrogen and oxygen atoms in total. The molecule has 0 aromatic heterocycles. The molecular weight excluding hydrogens is 520 g/mol. The van der Waals surface area contributed by atoms with Gasteiger partial charge in [-0.25, -0.2) is 8.78 Å². The molecule has 1 aliphatic heterocycles. The van der Waals surface area contributed by atoms with Crippen LogP contribution in [0, 0.1) is 39.4 Å². The van der Waals surface area contributed by atoms with Crippen molar-refractivity contribution in [2.24, 2.45) is 50.9 Å². The predicted molar refractivity (Wildman–Crippen MR) is 144 cm³/mol. The predicted octanol–water partition coefficient (Wildman–Crippen LogP) is 3.43. The van der Waals surface area contributed by atoms with Crippen molar-refractivity contribution in [3.05, 3.63) is 0 Å². The Morgan fingerprint density at radius 3 is 1.98 bits per heavy atom. The molecule has 40 heavy (non-hydrogen) atoms.